The van der Waals surface area contributed by atoms with Crippen LogP contribution in [0.3, 0.4) is 0 Å². The molecule has 0 saturated carbocycles. The predicted octanol–water partition coefficient (Wildman–Crippen LogP) is 4.48. The molecule has 0 aliphatic heterocycles. The minimum absolute atomic E-state index is 0.190. The lowest BCUT2D eigenvalue weighted by molar-refractivity contribution is 0.309. The number of ether oxygens (including phenoxy) is 1. The van der Waals surface area contributed by atoms with Crippen LogP contribution in [0.2, 0.25) is 0 Å². The van der Waals surface area contributed by atoms with Gasteiger partial charge in [-0.3, -0.25) is 0 Å². The lowest BCUT2D eigenvalue weighted by atomic mass is 10.0. The molecule has 0 bridgehead atoms. The highest BCUT2D eigenvalue weighted by Gasteiger charge is 2.22. The van der Waals surface area contributed by atoms with Crippen molar-refractivity contribution >= 4 is 11.0 Å². The third-order valence-corrected chi connectivity index (χ3v) is 4.66. The number of hydrogen-bond acceptors (Lipinski definition) is 3. The Bertz CT molecular complexity index is 982. The van der Waals surface area contributed by atoms with E-state index in [1.54, 1.807) is 0 Å². The van der Waals surface area contributed by atoms with Crippen LogP contribution >= 0.6 is 0 Å². The molecule has 0 unspecified atom stereocenters. The molecule has 24 heavy (non-hydrogen) atoms. The van der Waals surface area contributed by atoms with Crippen molar-refractivity contribution in [3.05, 3.63) is 74.6 Å². The summed E-state index contributed by atoms with van der Waals surface area (Å²) in [5.41, 5.74) is 5.77. The molecule has 0 fully saturated rings. The first-order valence-corrected chi connectivity index (χ1v) is 8.39. The fourth-order valence-electron chi connectivity index (χ4n) is 3.58. The highest BCUT2D eigenvalue weighted by molar-refractivity contribution is 5.88. The predicted molar refractivity (Wildman–Crippen MR) is 94.8 cm³/mol. The van der Waals surface area contributed by atoms with E-state index in [1.165, 1.54) is 5.56 Å². The van der Waals surface area contributed by atoms with Crippen LogP contribution < -0.4 is 10.4 Å². The van der Waals surface area contributed by atoms with Gasteiger partial charge in [0.25, 0.3) is 0 Å². The normalized spacial score (nSPS) is 13.2. The minimum Gasteiger partial charge on any atom is -0.488 e. The topological polar surface area (TPSA) is 39.4 Å². The van der Waals surface area contributed by atoms with E-state index in [1.807, 2.05) is 25.1 Å². The van der Waals surface area contributed by atoms with Gasteiger partial charge in [-0.05, 0) is 61.9 Å². The van der Waals surface area contributed by atoms with E-state index in [9.17, 15) is 4.79 Å². The van der Waals surface area contributed by atoms with Crippen LogP contribution in [0.5, 0.6) is 5.75 Å². The van der Waals surface area contributed by atoms with Crippen LogP contribution in [0.4, 0.5) is 0 Å². The van der Waals surface area contributed by atoms with E-state index in [0.29, 0.717) is 12.2 Å². The zero-order chi connectivity index (χ0) is 16.7. The van der Waals surface area contributed by atoms with Crippen molar-refractivity contribution in [3.63, 3.8) is 0 Å². The second-order valence-electron chi connectivity index (χ2n) is 6.61. The molecule has 3 aromatic rings. The third-order valence-electron chi connectivity index (χ3n) is 4.66. The molecule has 1 aliphatic rings. The second kappa shape index (κ2) is 5.82. The van der Waals surface area contributed by atoms with Crippen molar-refractivity contribution < 1.29 is 9.15 Å². The molecule has 0 spiro atoms. The van der Waals surface area contributed by atoms with Gasteiger partial charge >= 0.3 is 5.63 Å². The molecule has 122 valence electrons. The molecule has 0 radical (unpaired) electrons. The quantitative estimate of drug-likeness (QED) is 0.668. The number of benzene rings is 2. The van der Waals surface area contributed by atoms with Crippen molar-refractivity contribution in [2.24, 2.45) is 0 Å². The van der Waals surface area contributed by atoms with Crippen molar-refractivity contribution in [1.82, 2.24) is 0 Å². The standard InChI is InChI=1S/C21H20O3/c1-13-5-3-6-15(9-13)12-23-18-10-14(2)11-19-20(18)16-7-4-8-17(16)21(22)24-19/h3,5-6,9-11H,4,7-8,12H2,1-2H3. The molecule has 1 aromatic heterocycles. The van der Waals surface area contributed by atoms with Gasteiger partial charge in [-0.25, -0.2) is 4.79 Å². The van der Waals surface area contributed by atoms with Crippen LogP contribution in [-0.4, -0.2) is 0 Å². The maximum absolute atomic E-state index is 12.2. The Balaban J connectivity index is 1.80. The first-order valence-electron chi connectivity index (χ1n) is 8.39. The van der Waals surface area contributed by atoms with E-state index < -0.39 is 0 Å². The van der Waals surface area contributed by atoms with Gasteiger partial charge in [0.1, 0.15) is 17.9 Å². The fourth-order valence-corrected chi connectivity index (χ4v) is 3.58. The third kappa shape index (κ3) is 2.60. The number of rotatable bonds is 3. The molecule has 3 nitrogen and oxygen atoms in total. The molecule has 0 amide bonds. The van der Waals surface area contributed by atoms with Crippen LogP contribution in [0, 0.1) is 13.8 Å². The van der Waals surface area contributed by atoms with Gasteiger partial charge in [0.15, 0.2) is 0 Å². The van der Waals surface area contributed by atoms with Crippen LogP contribution in [-0.2, 0) is 19.4 Å². The summed E-state index contributed by atoms with van der Waals surface area (Å²) in [4.78, 5) is 12.2. The summed E-state index contributed by atoms with van der Waals surface area (Å²) in [6.07, 6.45) is 2.73. The zero-order valence-electron chi connectivity index (χ0n) is 14.0. The highest BCUT2D eigenvalue weighted by atomic mass is 16.5. The Morgan fingerprint density at radius 2 is 1.88 bits per heavy atom. The Morgan fingerprint density at radius 3 is 2.71 bits per heavy atom. The molecule has 0 atom stereocenters. The van der Waals surface area contributed by atoms with Crippen LogP contribution in [0.1, 0.15) is 34.2 Å². The molecular formula is C21H20O3. The lowest BCUT2D eigenvalue weighted by Gasteiger charge is -2.13. The van der Waals surface area contributed by atoms with Gasteiger partial charge in [-0.15, -0.1) is 0 Å². The van der Waals surface area contributed by atoms with E-state index in [4.69, 9.17) is 9.15 Å². The summed E-state index contributed by atoms with van der Waals surface area (Å²) in [5, 5.41) is 0.973. The van der Waals surface area contributed by atoms with Gasteiger partial charge in [0.05, 0.1) is 5.39 Å². The highest BCUT2D eigenvalue weighted by Crippen LogP contribution is 2.35. The SMILES string of the molecule is Cc1cccc(COc2cc(C)cc3oc(=O)c4c(c23)CCC4)c1. The van der Waals surface area contributed by atoms with Crippen molar-refractivity contribution in [2.45, 2.75) is 39.7 Å². The zero-order valence-corrected chi connectivity index (χ0v) is 14.0. The van der Waals surface area contributed by atoms with Crippen LogP contribution in [0.15, 0.2) is 45.6 Å². The molecule has 1 heterocycles. The Kier molecular flexibility index (Phi) is 3.64. The summed E-state index contributed by atoms with van der Waals surface area (Å²) < 4.78 is 11.7. The van der Waals surface area contributed by atoms with Gasteiger partial charge in [0.2, 0.25) is 0 Å². The van der Waals surface area contributed by atoms with Crippen LogP contribution in [0.25, 0.3) is 11.0 Å². The molecule has 0 saturated heterocycles. The smallest absolute Gasteiger partial charge is 0.339 e. The Hall–Kier alpha value is -2.55. The second-order valence-corrected chi connectivity index (χ2v) is 6.61. The van der Waals surface area contributed by atoms with E-state index >= 15 is 0 Å². The van der Waals surface area contributed by atoms with Gasteiger partial charge in [-0.2, -0.15) is 0 Å². The van der Waals surface area contributed by atoms with Crippen molar-refractivity contribution in [1.29, 1.82) is 0 Å². The number of aryl methyl sites for hydroxylation is 3. The summed E-state index contributed by atoms with van der Waals surface area (Å²) in [5.74, 6) is 0.813. The van der Waals surface area contributed by atoms with Crippen molar-refractivity contribution in [3.8, 4) is 5.75 Å². The maximum Gasteiger partial charge on any atom is 0.339 e. The van der Waals surface area contributed by atoms with E-state index in [0.717, 1.165) is 52.7 Å². The average molecular weight is 320 g/mol. The molecule has 4 rings (SSSR count). The maximum atomic E-state index is 12.2. The van der Waals surface area contributed by atoms with E-state index in [-0.39, 0.29) is 5.63 Å². The molecule has 1 aliphatic carbocycles. The first-order chi connectivity index (χ1) is 11.6. The van der Waals surface area contributed by atoms with Gasteiger partial charge < -0.3 is 9.15 Å². The number of fused-ring (bicyclic) bond motifs is 3. The van der Waals surface area contributed by atoms with Gasteiger partial charge in [-0.1, -0.05) is 29.8 Å². The molecule has 3 heteroatoms. The monoisotopic (exact) mass is 320 g/mol. The molecule has 2 aromatic carbocycles. The molecule has 0 N–H and O–H groups in total. The Morgan fingerprint density at radius 1 is 1.04 bits per heavy atom. The largest absolute Gasteiger partial charge is 0.488 e. The number of hydrogen-bond donors (Lipinski definition) is 0. The first kappa shape index (κ1) is 15.0. The van der Waals surface area contributed by atoms with Crippen molar-refractivity contribution in [2.75, 3.05) is 0 Å². The fraction of sp³-hybridized carbons (Fsp3) is 0.286. The average Bonchev–Trinajstić information content (AvgIpc) is 3.02. The summed E-state index contributed by atoms with van der Waals surface area (Å²) in [6, 6.07) is 12.3. The van der Waals surface area contributed by atoms with Gasteiger partial charge in [0, 0.05) is 5.56 Å². The minimum atomic E-state index is -0.190. The summed E-state index contributed by atoms with van der Waals surface area (Å²) in [7, 11) is 0. The molecular weight excluding hydrogens is 300 g/mol. The summed E-state index contributed by atoms with van der Waals surface area (Å²) >= 11 is 0. The lowest BCUT2D eigenvalue weighted by Crippen LogP contribution is -2.08. The Labute approximate surface area is 140 Å². The van der Waals surface area contributed by atoms with E-state index in [2.05, 4.69) is 25.1 Å². The summed E-state index contributed by atoms with van der Waals surface area (Å²) in [6.45, 7) is 4.58.